The Balaban J connectivity index is 2.21. The predicted molar refractivity (Wildman–Crippen MR) is 108 cm³/mol. The van der Waals surface area contributed by atoms with Gasteiger partial charge in [0.15, 0.2) is 13.6 Å². The average molecular weight is 373 g/mol. The highest BCUT2D eigenvalue weighted by atomic mass is 16.7. The molecule has 0 amide bonds. The van der Waals surface area contributed by atoms with Gasteiger partial charge in [0.2, 0.25) is 0 Å². The third-order valence-electron chi connectivity index (χ3n) is 4.81. The lowest BCUT2D eigenvalue weighted by Crippen LogP contribution is -2.11. The molecule has 0 aliphatic carbocycles. The van der Waals surface area contributed by atoms with Crippen LogP contribution in [0.4, 0.5) is 5.69 Å². The fourth-order valence-electron chi connectivity index (χ4n) is 3.49. The summed E-state index contributed by atoms with van der Waals surface area (Å²) in [6.07, 6.45) is 2.07. The largest absolute Gasteiger partial charge is 0.468 e. The molecule has 0 bridgehead atoms. The van der Waals surface area contributed by atoms with Crippen LogP contribution in [0.25, 0.3) is 0 Å². The number of anilines is 1. The van der Waals surface area contributed by atoms with Crippen LogP contribution in [0, 0.1) is 0 Å². The predicted octanol–water partition coefficient (Wildman–Crippen LogP) is 4.92. The zero-order chi connectivity index (χ0) is 19.6. The van der Waals surface area contributed by atoms with Crippen LogP contribution in [0.5, 0.6) is 11.5 Å². The summed E-state index contributed by atoms with van der Waals surface area (Å²) in [5, 5.41) is 0. The highest BCUT2D eigenvalue weighted by molar-refractivity contribution is 5.55. The molecule has 148 valence electrons. The second kappa shape index (κ2) is 10.8. The maximum absolute atomic E-state index is 6.19. The van der Waals surface area contributed by atoms with Crippen molar-refractivity contribution < 1.29 is 18.9 Å². The van der Waals surface area contributed by atoms with Crippen molar-refractivity contribution in [1.29, 1.82) is 0 Å². The molecule has 0 aliphatic rings. The zero-order valence-electron chi connectivity index (χ0n) is 16.7. The maximum Gasteiger partial charge on any atom is 0.188 e. The van der Waals surface area contributed by atoms with Gasteiger partial charge in [0, 0.05) is 14.2 Å². The molecule has 2 unspecified atom stereocenters. The molecule has 27 heavy (non-hydrogen) atoms. The summed E-state index contributed by atoms with van der Waals surface area (Å²) in [6.45, 7) is 4.89. The number of nitrogens with two attached hydrogens (primary N) is 1. The van der Waals surface area contributed by atoms with Gasteiger partial charge in [-0.15, -0.1) is 0 Å². The Morgan fingerprint density at radius 1 is 0.778 bits per heavy atom. The molecule has 0 heterocycles. The van der Waals surface area contributed by atoms with E-state index in [0.717, 1.165) is 18.6 Å². The molecule has 0 radical (unpaired) electrons. The second-order valence-electron chi connectivity index (χ2n) is 6.50. The molecule has 5 heteroatoms. The number of hydrogen-bond acceptors (Lipinski definition) is 5. The van der Waals surface area contributed by atoms with Crippen molar-refractivity contribution in [2.24, 2.45) is 0 Å². The van der Waals surface area contributed by atoms with Crippen LogP contribution in [-0.4, -0.2) is 27.8 Å². The number of rotatable bonds is 11. The van der Waals surface area contributed by atoms with Gasteiger partial charge in [-0.1, -0.05) is 32.0 Å². The summed E-state index contributed by atoms with van der Waals surface area (Å²) in [4.78, 5) is 0. The molecule has 2 rings (SSSR count). The molecular weight excluding hydrogens is 342 g/mol. The monoisotopic (exact) mass is 373 g/mol. The first-order chi connectivity index (χ1) is 13.1. The van der Waals surface area contributed by atoms with Crippen molar-refractivity contribution in [2.75, 3.05) is 33.5 Å². The summed E-state index contributed by atoms with van der Waals surface area (Å²) < 4.78 is 20.9. The Hall–Kier alpha value is -2.24. The van der Waals surface area contributed by atoms with Crippen molar-refractivity contribution in [3.05, 3.63) is 53.6 Å². The van der Waals surface area contributed by atoms with E-state index in [4.69, 9.17) is 24.7 Å². The molecule has 0 aromatic heterocycles. The Morgan fingerprint density at radius 2 is 1.33 bits per heavy atom. The summed E-state index contributed by atoms with van der Waals surface area (Å²) in [6, 6.07) is 14.3. The third kappa shape index (κ3) is 5.62. The van der Waals surface area contributed by atoms with Gasteiger partial charge in [-0.05, 0) is 60.1 Å². The Morgan fingerprint density at radius 3 is 1.89 bits per heavy atom. The fraction of sp³-hybridized carbons (Fsp3) is 0.455. The van der Waals surface area contributed by atoms with Gasteiger partial charge in [-0.25, -0.2) is 0 Å². The van der Waals surface area contributed by atoms with E-state index in [2.05, 4.69) is 32.0 Å². The SMILES string of the molecule is CCC(c1ccc(OCOC)cc1)C(CC)c1ccc(OCOC)c(N)c1. The smallest absolute Gasteiger partial charge is 0.188 e. The van der Waals surface area contributed by atoms with Gasteiger partial charge in [-0.3, -0.25) is 0 Å². The van der Waals surface area contributed by atoms with E-state index < -0.39 is 0 Å². The van der Waals surface area contributed by atoms with Gasteiger partial charge >= 0.3 is 0 Å². The average Bonchev–Trinajstić information content (AvgIpc) is 2.70. The molecule has 5 nitrogen and oxygen atoms in total. The van der Waals surface area contributed by atoms with Gasteiger partial charge in [0.1, 0.15) is 11.5 Å². The standard InChI is InChI=1S/C22H31NO4/c1-5-19(16-7-10-18(11-8-16)26-14-24-3)20(6-2)17-9-12-22(21(23)13-17)27-15-25-4/h7-13,19-20H,5-6,14-15,23H2,1-4H3. The zero-order valence-corrected chi connectivity index (χ0v) is 16.7. The number of benzene rings is 2. The van der Waals surface area contributed by atoms with E-state index >= 15 is 0 Å². The molecule has 2 aromatic carbocycles. The lowest BCUT2D eigenvalue weighted by atomic mass is 9.78. The molecule has 0 saturated carbocycles. The van der Waals surface area contributed by atoms with Crippen molar-refractivity contribution in [3.63, 3.8) is 0 Å². The second-order valence-corrected chi connectivity index (χ2v) is 6.50. The molecule has 2 atom stereocenters. The van der Waals surface area contributed by atoms with Crippen molar-refractivity contribution in [3.8, 4) is 11.5 Å². The molecule has 0 spiro atoms. The van der Waals surface area contributed by atoms with E-state index in [-0.39, 0.29) is 13.6 Å². The van der Waals surface area contributed by atoms with E-state index in [1.807, 2.05) is 24.3 Å². The van der Waals surface area contributed by atoms with Gasteiger partial charge in [0.25, 0.3) is 0 Å². The van der Waals surface area contributed by atoms with Crippen LogP contribution >= 0.6 is 0 Å². The minimum atomic E-state index is 0.190. The minimum absolute atomic E-state index is 0.190. The normalized spacial score (nSPS) is 13.2. The topological polar surface area (TPSA) is 62.9 Å². The van der Waals surface area contributed by atoms with E-state index in [9.17, 15) is 0 Å². The van der Waals surface area contributed by atoms with E-state index in [1.165, 1.54) is 11.1 Å². The lowest BCUT2D eigenvalue weighted by Gasteiger charge is -2.27. The summed E-state index contributed by atoms with van der Waals surface area (Å²) >= 11 is 0. The number of ether oxygens (including phenoxy) is 4. The van der Waals surface area contributed by atoms with Gasteiger partial charge < -0.3 is 24.7 Å². The van der Waals surface area contributed by atoms with Crippen molar-refractivity contribution in [1.82, 2.24) is 0 Å². The molecule has 0 aliphatic heterocycles. The molecular formula is C22H31NO4. The highest BCUT2D eigenvalue weighted by Crippen LogP contribution is 2.40. The van der Waals surface area contributed by atoms with Crippen LogP contribution in [-0.2, 0) is 9.47 Å². The van der Waals surface area contributed by atoms with Crippen LogP contribution in [0.2, 0.25) is 0 Å². The maximum atomic E-state index is 6.19. The van der Waals surface area contributed by atoms with Crippen LogP contribution in [0.1, 0.15) is 49.7 Å². The lowest BCUT2D eigenvalue weighted by molar-refractivity contribution is 0.0510. The molecule has 2 N–H and O–H groups in total. The number of hydrogen-bond donors (Lipinski definition) is 1. The van der Waals surface area contributed by atoms with Crippen LogP contribution < -0.4 is 15.2 Å². The Bertz CT molecular complexity index is 687. The number of nitrogen functional groups attached to an aromatic ring is 1. The highest BCUT2D eigenvalue weighted by Gasteiger charge is 2.23. The van der Waals surface area contributed by atoms with Crippen LogP contribution in [0.3, 0.4) is 0 Å². The first-order valence-electron chi connectivity index (χ1n) is 9.37. The number of methoxy groups -OCH3 is 2. The minimum Gasteiger partial charge on any atom is -0.468 e. The van der Waals surface area contributed by atoms with Crippen LogP contribution in [0.15, 0.2) is 42.5 Å². The molecule has 0 saturated heterocycles. The molecule has 2 aromatic rings. The summed E-state index contributed by atoms with van der Waals surface area (Å²) in [7, 11) is 3.21. The Kier molecular flexibility index (Phi) is 8.43. The quantitative estimate of drug-likeness (QED) is 0.447. The Labute approximate surface area is 162 Å². The third-order valence-corrected chi connectivity index (χ3v) is 4.81. The van der Waals surface area contributed by atoms with Gasteiger partial charge in [0.05, 0.1) is 5.69 Å². The summed E-state index contributed by atoms with van der Waals surface area (Å²) in [5.41, 5.74) is 9.36. The van der Waals surface area contributed by atoms with Gasteiger partial charge in [-0.2, -0.15) is 0 Å². The van der Waals surface area contributed by atoms with E-state index in [0.29, 0.717) is 23.3 Å². The fourth-order valence-corrected chi connectivity index (χ4v) is 3.49. The summed E-state index contributed by atoms with van der Waals surface area (Å²) in [5.74, 6) is 2.24. The first-order valence-corrected chi connectivity index (χ1v) is 9.37. The van der Waals surface area contributed by atoms with E-state index in [1.54, 1.807) is 14.2 Å². The van der Waals surface area contributed by atoms with Crippen molar-refractivity contribution in [2.45, 2.75) is 38.5 Å². The first kappa shape index (κ1) is 21.1. The molecule has 0 fully saturated rings. The van der Waals surface area contributed by atoms with Crippen molar-refractivity contribution >= 4 is 5.69 Å².